The Morgan fingerprint density at radius 2 is 1.89 bits per heavy atom. The van der Waals surface area contributed by atoms with Gasteiger partial charge in [0.2, 0.25) is 0 Å². The van der Waals surface area contributed by atoms with Crippen LogP contribution < -0.4 is 10.2 Å². The average molecular weight is 498 g/mol. The molecule has 0 bridgehead atoms. The Bertz CT molecular complexity index is 1350. The second-order valence-electron chi connectivity index (χ2n) is 9.00. The van der Waals surface area contributed by atoms with Crippen LogP contribution >= 0.6 is 0 Å². The Kier molecular flexibility index (Phi) is 7.93. The van der Waals surface area contributed by atoms with Gasteiger partial charge in [-0.05, 0) is 72.4 Å². The lowest BCUT2D eigenvalue weighted by molar-refractivity contribution is -0.198. The van der Waals surface area contributed by atoms with E-state index in [1.165, 1.54) is 6.08 Å². The van der Waals surface area contributed by atoms with Crippen LogP contribution in [-0.4, -0.2) is 35.4 Å². The minimum atomic E-state index is -0.359. The molecule has 1 unspecified atom stereocenters. The molecular weight excluding hydrogens is 466 g/mol. The largest absolute Gasteiger partial charge is 0.494 e. The van der Waals surface area contributed by atoms with Crippen LogP contribution in [0.5, 0.6) is 5.75 Å². The number of aromatic amines is 1. The highest BCUT2D eigenvalue weighted by atomic mass is 16.8. The molecule has 2 heterocycles. The Morgan fingerprint density at radius 3 is 2.65 bits per heavy atom. The van der Waals surface area contributed by atoms with Gasteiger partial charge in [0, 0.05) is 25.5 Å². The molecule has 4 aromatic rings. The molecule has 0 aliphatic carbocycles. The molecule has 7 heteroatoms. The van der Waals surface area contributed by atoms with Crippen LogP contribution in [0.25, 0.3) is 28.2 Å². The molecule has 1 amide bonds. The Morgan fingerprint density at radius 1 is 1.08 bits per heavy atom. The fraction of sp³-hybridized carbons (Fsp3) is 0.267. The number of imidazole rings is 1. The van der Waals surface area contributed by atoms with Gasteiger partial charge >= 0.3 is 0 Å². The van der Waals surface area contributed by atoms with Crippen molar-refractivity contribution in [2.75, 3.05) is 13.2 Å². The van der Waals surface area contributed by atoms with Crippen LogP contribution in [0.15, 0.2) is 72.8 Å². The lowest BCUT2D eigenvalue weighted by atomic mass is 10.1. The van der Waals surface area contributed by atoms with Gasteiger partial charge in [-0.25, -0.2) is 15.3 Å². The van der Waals surface area contributed by atoms with Crippen LogP contribution in [-0.2, 0) is 20.8 Å². The first kappa shape index (κ1) is 24.7. The molecule has 0 saturated carbocycles. The number of carbonyl (C=O) groups is 1. The maximum absolute atomic E-state index is 12.0. The molecule has 7 nitrogen and oxygen atoms in total. The van der Waals surface area contributed by atoms with Crippen molar-refractivity contribution in [3.63, 3.8) is 0 Å². The van der Waals surface area contributed by atoms with Crippen LogP contribution in [0, 0.1) is 0 Å². The molecule has 5 rings (SSSR count). The van der Waals surface area contributed by atoms with E-state index in [0.717, 1.165) is 64.1 Å². The number of carbonyl (C=O) groups excluding carboxylic acids is 1. The predicted molar refractivity (Wildman–Crippen MR) is 144 cm³/mol. The first-order valence-corrected chi connectivity index (χ1v) is 12.7. The van der Waals surface area contributed by atoms with Crippen LogP contribution in [0.4, 0.5) is 0 Å². The molecule has 0 radical (unpaired) electrons. The summed E-state index contributed by atoms with van der Waals surface area (Å²) in [5.41, 5.74) is 8.70. The number of nitrogens with one attached hydrogen (secondary N) is 2. The molecule has 3 aromatic carbocycles. The number of hydroxylamine groups is 1. The number of fused-ring (bicyclic) bond motifs is 1. The van der Waals surface area contributed by atoms with E-state index in [9.17, 15) is 4.79 Å². The van der Waals surface area contributed by atoms with E-state index in [1.54, 1.807) is 6.08 Å². The summed E-state index contributed by atoms with van der Waals surface area (Å²) in [7, 11) is 0. The summed E-state index contributed by atoms with van der Waals surface area (Å²) in [4.78, 5) is 25.5. The van der Waals surface area contributed by atoms with Gasteiger partial charge in [-0.2, -0.15) is 0 Å². The van der Waals surface area contributed by atoms with Gasteiger partial charge in [-0.15, -0.1) is 0 Å². The van der Waals surface area contributed by atoms with E-state index in [2.05, 4.69) is 34.7 Å². The first-order chi connectivity index (χ1) is 18.2. The molecule has 0 spiro atoms. The van der Waals surface area contributed by atoms with Crippen molar-refractivity contribution in [1.29, 1.82) is 0 Å². The molecule has 1 aliphatic heterocycles. The third-order valence-corrected chi connectivity index (χ3v) is 6.24. The monoisotopic (exact) mass is 497 g/mol. The lowest BCUT2D eigenvalue weighted by Gasteiger charge is -2.21. The van der Waals surface area contributed by atoms with Crippen molar-refractivity contribution in [2.45, 2.75) is 38.9 Å². The molecular formula is C30H31N3O4. The summed E-state index contributed by atoms with van der Waals surface area (Å²) in [5, 5.41) is 0. The van der Waals surface area contributed by atoms with E-state index in [-0.39, 0.29) is 12.2 Å². The van der Waals surface area contributed by atoms with Crippen LogP contribution in [0.3, 0.4) is 0 Å². The molecule has 1 atom stereocenters. The smallest absolute Gasteiger partial charge is 0.267 e. The quantitative estimate of drug-likeness (QED) is 0.225. The second-order valence-corrected chi connectivity index (χ2v) is 9.00. The summed E-state index contributed by atoms with van der Waals surface area (Å²) in [5.74, 6) is 1.47. The minimum absolute atomic E-state index is 0.315. The summed E-state index contributed by atoms with van der Waals surface area (Å²) >= 11 is 0. The predicted octanol–water partition coefficient (Wildman–Crippen LogP) is 5.81. The Balaban J connectivity index is 1.18. The zero-order chi connectivity index (χ0) is 25.5. The number of benzene rings is 3. The van der Waals surface area contributed by atoms with Crippen LogP contribution in [0.2, 0.25) is 0 Å². The summed E-state index contributed by atoms with van der Waals surface area (Å²) < 4.78 is 11.0. The molecule has 1 saturated heterocycles. The first-order valence-electron chi connectivity index (χ1n) is 12.7. The van der Waals surface area contributed by atoms with E-state index < -0.39 is 0 Å². The van der Waals surface area contributed by atoms with Gasteiger partial charge in [0.1, 0.15) is 11.6 Å². The van der Waals surface area contributed by atoms with Gasteiger partial charge in [0.15, 0.2) is 6.29 Å². The number of hydrogen-bond acceptors (Lipinski definition) is 5. The summed E-state index contributed by atoms with van der Waals surface area (Å²) in [6.45, 7) is 3.31. The molecule has 1 fully saturated rings. The third kappa shape index (κ3) is 6.64. The lowest BCUT2D eigenvalue weighted by Crippen LogP contribution is -2.32. The zero-order valence-electron chi connectivity index (χ0n) is 20.9. The maximum atomic E-state index is 12.0. The fourth-order valence-electron chi connectivity index (χ4n) is 4.31. The standard InChI is InChI=1S/C30H31N3O4/c1-2-35-25-14-11-23(12-15-25)24-13-16-26-27(20-24)32-28(31-26)19-22-8-6-21(7-9-22)10-17-29(34)33-37-30-5-3-4-18-36-30/h6-17,20,30H,2-5,18-19H2,1H3,(H,31,32)(H,33,34). The Hall–Kier alpha value is -3.94. The molecule has 37 heavy (non-hydrogen) atoms. The van der Waals surface area contributed by atoms with E-state index in [1.807, 2.05) is 49.4 Å². The SMILES string of the molecule is CCOc1ccc(-c2ccc3nc(Cc4ccc(C=CC(=O)NOC5CCCCO5)cc4)[nH]c3c2)cc1. The van der Waals surface area contributed by atoms with Gasteiger partial charge < -0.3 is 14.5 Å². The number of nitrogens with zero attached hydrogens (tertiary/aromatic N) is 1. The highest BCUT2D eigenvalue weighted by Gasteiger charge is 2.15. The van der Waals surface area contributed by atoms with Gasteiger partial charge in [-0.3, -0.25) is 4.79 Å². The maximum Gasteiger partial charge on any atom is 0.267 e. The van der Waals surface area contributed by atoms with Crippen molar-refractivity contribution < 1.29 is 19.1 Å². The van der Waals surface area contributed by atoms with Crippen molar-refractivity contribution in [3.05, 3.63) is 89.8 Å². The highest BCUT2D eigenvalue weighted by Crippen LogP contribution is 2.26. The Labute approximate surface area is 216 Å². The number of H-pyrrole nitrogens is 1. The van der Waals surface area contributed by atoms with Crippen molar-refractivity contribution in [1.82, 2.24) is 15.4 Å². The van der Waals surface area contributed by atoms with Crippen molar-refractivity contribution in [2.24, 2.45) is 0 Å². The van der Waals surface area contributed by atoms with Crippen molar-refractivity contribution in [3.8, 4) is 16.9 Å². The van der Waals surface area contributed by atoms with Gasteiger partial charge in [0.05, 0.1) is 17.6 Å². The molecule has 1 aromatic heterocycles. The number of rotatable bonds is 9. The number of amides is 1. The van der Waals surface area contributed by atoms with Crippen LogP contribution in [0.1, 0.15) is 43.1 Å². The molecule has 2 N–H and O–H groups in total. The average Bonchev–Trinajstić information content (AvgIpc) is 3.34. The summed E-state index contributed by atoms with van der Waals surface area (Å²) in [6.07, 6.45) is 6.41. The topological polar surface area (TPSA) is 85.5 Å². The van der Waals surface area contributed by atoms with Gasteiger partial charge in [0.25, 0.3) is 5.91 Å². The molecule has 190 valence electrons. The van der Waals surface area contributed by atoms with Crippen molar-refractivity contribution >= 4 is 23.0 Å². The molecule has 1 aliphatic rings. The number of hydrogen-bond donors (Lipinski definition) is 2. The highest BCUT2D eigenvalue weighted by molar-refractivity contribution is 5.91. The normalized spacial score (nSPS) is 15.8. The number of ether oxygens (including phenoxy) is 2. The van der Waals surface area contributed by atoms with Gasteiger partial charge in [-0.1, -0.05) is 42.5 Å². The number of aromatic nitrogens is 2. The zero-order valence-corrected chi connectivity index (χ0v) is 20.9. The second kappa shape index (κ2) is 11.9. The minimum Gasteiger partial charge on any atom is -0.494 e. The summed E-state index contributed by atoms with van der Waals surface area (Å²) in [6, 6.07) is 22.4. The van der Waals surface area contributed by atoms with E-state index in [0.29, 0.717) is 19.6 Å². The van der Waals surface area contributed by atoms with E-state index in [4.69, 9.17) is 19.3 Å². The fourth-order valence-corrected chi connectivity index (χ4v) is 4.31. The van der Waals surface area contributed by atoms with E-state index >= 15 is 0 Å². The third-order valence-electron chi connectivity index (χ3n) is 6.24.